The van der Waals surface area contributed by atoms with Crippen molar-refractivity contribution < 1.29 is 13.2 Å². The summed E-state index contributed by atoms with van der Waals surface area (Å²) in [7, 11) is -0.119. The molecule has 0 saturated carbocycles. The maximum absolute atomic E-state index is 13.0. The molecule has 1 fully saturated rings. The molecule has 0 spiro atoms. The number of anilines is 1. The van der Waals surface area contributed by atoms with Gasteiger partial charge in [0.15, 0.2) is 0 Å². The highest BCUT2D eigenvalue weighted by atomic mass is 32.2. The van der Waals surface area contributed by atoms with Crippen molar-refractivity contribution in [3.63, 3.8) is 0 Å². The number of hydrogen-bond acceptors (Lipinski definition) is 7. The van der Waals surface area contributed by atoms with Crippen molar-refractivity contribution >= 4 is 26.7 Å². The van der Waals surface area contributed by atoms with Crippen LogP contribution >= 0.6 is 0 Å². The van der Waals surface area contributed by atoms with Gasteiger partial charge in [-0.2, -0.15) is 4.31 Å². The highest BCUT2D eigenvalue weighted by Crippen LogP contribution is 2.27. The van der Waals surface area contributed by atoms with Crippen molar-refractivity contribution in [3.05, 3.63) is 54.4 Å². The van der Waals surface area contributed by atoms with Gasteiger partial charge in [0.25, 0.3) is 0 Å². The summed E-state index contributed by atoms with van der Waals surface area (Å²) in [6.07, 6.45) is 0. The average molecular weight is 442 g/mol. The summed E-state index contributed by atoms with van der Waals surface area (Å²) in [5.74, 6) is 2.16. The molecule has 0 aliphatic carbocycles. The smallest absolute Gasteiger partial charge is 0.243 e. The number of para-hydroxylation sites is 1. The van der Waals surface area contributed by atoms with Gasteiger partial charge < -0.3 is 10.1 Å². The lowest BCUT2D eigenvalue weighted by molar-refractivity contribution is 0.141. The van der Waals surface area contributed by atoms with Crippen LogP contribution in [0.2, 0.25) is 0 Å². The molecule has 1 saturated heterocycles. The van der Waals surface area contributed by atoms with Gasteiger partial charge in [-0.05, 0) is 43.3 Å². The Morgan fingerprint density at radius 1 is 1.00 bits per heavy atom. The van der Waals surface area contributed by atoms with Gasteiger partial charge in [0.05, 0.1) is 23.6 Å². The lowest BCUT2D eigenvalue weighted by Crippen LogP contribution is -2.49. The monoisotopic (exact) mass is 441 g/mol. The van der Waals surface area contributed by atoms with E-state index in [1.54, 1.807) is 31.4 Å². The van der Waals surface area contributed by atoms with Gasteiger partial charge in [-0.25, -0.2) is 18.4 Å². The third-order valence-electron chi connectivity index (χ3n) is 5.75. The normalized spacial score (nSPS) is 16.9. The van der Waals surface area contributed by atoms with E-state index in [4.69, 9.17) is 14.7 Å². The van der Waals surface area contributed by atoms with Gasteiger partial charge in [-0.1, -0.05) is 12.1 Å². The second kappa shape index (κ2) is 8.78. The largest absolute Gasteiger partial charge is 0.497 e. The summed E-state index contributed by atoms with van der Waals surface area (Å²) >= 11 is 0. The molecule has 3 aromatic rings. The van der Waals surface area contributed by atoms with E-state index in [0.717, 1.165) is 22.5 Å². The van der Waals surface area contributed by atoms with E-state index < -0.39 is 10.0 Å². The molecule has 9 heteroatoms. The van der Waals surface area contributed by atoms with E-state index in [-0.39, 0.29) is 10.9 Å². The van der Waals surface area contributed by atoms with Crippen molar-refractivity contribution in [3.8, 4) is 5.75 Å². The highest BCUT2D eigenvalue weighted by Gasteiger charge is 2.31. The van der Waals surface area contributed by atoms with Crippen LogP contribution in [-0.4, -0.2) is 67.9 Å². The average Bonchev–Trinajstić information content (AvgIpc) is 2.83. The Balaban J connectivity index is 1.49. The van der Waals surface area contributed by atoms with E-state index in [9.17, 15) is 8.42 Å². The van der Waals surface area contributed by atoms with Crippen molar-refractivity contribution in [1.82, 2.24) is 19.2 Å². The van der Waals surface area contributed by atoms with Crippen molar-refractivity contribution in [1.29, 1.82) is 0 Å². The lowest BCUT2D eigenvalue weighted by atomic mass is 10.2. The van der Waals surface area contributed by atoms with Crippen LogP contribution in [0.5, 0.6) is 5.75 Å². The number of nitrogens with one attached hydrogen (secondary N) is 1. The predicted molar refractivity (Wildman–Crippen MR) is 121 cm³/mol. The maximum atomic E-state index is 13.0. The summed E-state index contributed by atoms with van der Waals surface area (Å²) in [4.78, 5) is 12.0. The zero-order valence-corrected chi connectivity index (χ0v) is 18.8. The standard InChI is InChI=1S/C22H27N5O3S/c1-16(21-24-20-7-5-4-6-19(20)22(23-2)25-21)26-12-14-27(15-13-26)31(28,29)18-10-8-17(30-3)9-11-18/h4-11,16H,12-15H2,1-3H3,(H,23,24,25). The van der Waals surface area contributed by atoms with Crippen LogP contribution in [0.3, 0.4) is 0 Å². The number of ether oxygens (including phenoxy) is 1. The van der Waals surface area contributed by atoms with E-state index >= 15 is 0 Å². The summed E-state index contributed by atoms with van der Waals surface area (Å²) in [6, 6.07) is 14.4. The Morgan fingerprint density at radius 3 is 2.32 bits per heavy atom. The summed E-state index contributed by atoms with van der Waals surface area (Å²) < 4.78 is 32.7. The number of rotatable bonds is 6. The van der Waals surface area contributed by atoms with Crippen LogP contribution in [0.4, 0.5) is 5.82 Å². The first-order chi connectivity index (χ1) is 14.9. The zero-order valence-electron chi connectivity index (χ0n) is 17.9. The number of methoxy groups -OCH3 is 1. The van der Waals surface area contributed by atoms with E-state index in [1.807, 2.05) is 31.3 Å². The van der Waals surface area contributed by atoms with Crippen LogP contribution in [0.1, 0.15) is 18.8 Å². The molecule has 1 N–H and O–H groups in total. The Morgan fingerprint density at radius 2 is 1.68 bits per heavy atom. The molecule has 2 heterocycles. The van der Waals surface area contributed by atoms with Gasteiger partial charge in [0, 0.05) is 38.6 Å². The Hall–Kier alpha value is -2.75. The molecular formula is C22H27N5O3S. The van der Waals surface area contributed by atoms with Crippen molar-refractivity contribution in [2.45, 2.75) is 17.9 Å². The SMILES string of the molecule is CNc1nc(C(C)N2CCN(S(=O)(=O)c3ccc(OC)cc3)CC2)nc2ccccc12. The fraction of sp³-hybridized carbons (Fsp3) is 0.364. The second-order valence-corrected chi connectivity index (χ2v) is 9.43. The minimum Gasteiger partial charge on any atom is -0.497 e. The fourth-order valence-electron chi connectivity index (χ4n) is 3.86. The van der Waals surface area contributed by atoms with E-state index in [2.05, 4.69) is 17.1 Å². The minimum atomic E-state index is -3.53. The van der Waals surface area contributed by atoms with Crippen LogP contribution < -0.4 is 10.1 Å². The summed E-state index contributed by atoms with van der Waals surface area (Å²) in [6.45, 7) is 4.14. The Kier molecular flexibility index (Phi) is 6.08. The number of piperazine rings is 1. The molecular weight excluding hydrogens is 414 g/mol. The molecule has 8 nitrogen and oxygen atoms in total. The van der Waals surface area contributed by atoms with Crippen molar-refractivity contribution in [2.24, 2.45) is 0 Å². The molecule has 1 aliphatic heterocycles. The molecule has 164 valence electrons. The van der Waals surface area contributed by atoms with Gasteiger partial charge >= 0.3 is 0 Å². The predicted octanol–water partition coefficient (Wildman–Crippen LogP) is 2.75. The van der Waals surface area contributed by atoms with Gasteiger partial charge in [0.2, 0.25) is 10.0 Å². The molecule has 0 bridgehead atoms. The molecule has 1 aromatic heterocycles. The first-order valence-electron chi connectivity index (χ1n) is 10.3. The van der Waals surface area contributed by atoms with E-state index in [0.29, 0.717) is 31.9 Å². The molecule has 0 radical (unpaired) electrons. The van der Waals surface area contributed by atoms with Crippen molar-refractivity contribution in [2.75, 3.05) is 45.7 Å². The Labute approximate surface area is 182 Å². The van der Waals surface area contributed by atoms with Crippen LogP contribution in [0.25, 0.3) is 10.9 Å². The molecule has 1 atom stereocenters. The van der Waals surface area contributed by atoms with Crippen LogP contribution in [-0.2, 0) is 10.0 Å². The summed E-state index contributed by atoms with van der Waals surface area (Å²) in [5, 5.41) is 4.14. The number of sulfonamides is 1. The highest BCUT2D eigenvalue weighted by molar-refractivity contribution is 7.89. The van der Waals surface area contributed by atoms with Crippen LogP contribution in [0, 0.1) is 0 Å². The minimum absolute atomic E-state index is 0.0254. The molecule has 31 heavy (non-hydrogen) atoms. The van der Waals surface area contributed by atoms with Gasteiger partial charge in [-0.15, -0.1) is 0 Å². The fourth-order valence-corrected chi connectivity index (χ4v) is 5.29. The first-order valence-corrected chi connectivity index (χ1v) is 11.7. The van der Waals surface area contributed by atoms with Gasteiger partial charge in [-0.3, -0.25) is 4.90 Å². The molecule has 1 unspecified atom stereocenters. The molecule has 0 amide bonds. The third-order valence-corrected chi connectivity index (χ3v) is 7.66. The second-order valence-electron chi connectivity index (χ2n) is 7.49. The Bertz CT molecular complexity index is 1160. The zero-order chi connectivity index (χ0) is 22.0. The summed E-state index contributed by atoms with van der Waals surface area (Å²) in [5.41, 5.74) is 0.893. The number of fused-ring (bicyclic) bond motifs is 1. The van der Waals surface area contributed by atoms with E-state index in [1.165, 1.54) is 4.31 Å². The number of aromatic nitrogens is 2. The first kappa shape index (κ1) is 21.5. The van der Waals surface area contributed by atoms with Gasteiger partial charge in [0.1, 0.15) is 17.4 Å². The molecule has 2 aromatic carbocycles. The third kappa shape index (κ3) is 4.21. The van der Waals surface area contributed by atoms with Crippen LogP contribution in [0.15, 0.2) is 53.4 Å². The quantitative estimate of drug-likeness (QED) is 0.629. The number of nitrogens with zero attached hydrogens (tertiary/aromatic N) is 4. The topological polar surface area (TPSA) is 87.7 Å². The molecule has 1 aliphatic rings. The lowest BCUT2D eigenvalue weighted by Gasteiger charge is -2.36. The number of benzene rings is 2. The molecule has 4 rings (SSSR count). The maximum Gasteiger partial charge on any atom is 0.243 e. The number of hydrogen-bond donors (Lipinski definition) is 1.